The van der Waals surface area contributed by atoms with Crippen LogP contribution in [0.25, 0.3) is 0 Å². The van der Waals surface area contributed by atoms with E-state index in [-0.39, 0.29) is 18.3 Å². The van der Waals surface area contributed by atoms with Gasteiger partial charge in [0.2, 0.25) is 5.91 Å². The van der Waals surface area contributed by atoms with Gasteiger partial charge in [-0.15, -0.1) is 0 Å². The molecule has 1 aromatic carbocycles. The maximum Gasteiger partial charge on any atom is 0.246 e. The molecule has 21 heavy (non-hydrogen) atoms. The summed E-state index contributed by atoms with van der Waals surface area (Å²) in [5, 5.41) is 2.57. The van der Waals surface area contributed by atoms with Crippen LogP contribution < -0.4 is 11.1 Å². The number of Topliss-reactive ketones (excluding diaryl/α,β-unsaturated/α-hetero) is 1. The van der Waals surface area contributed by atoms with Crippen LogP contribution in [-0.4, -0.2) is 43.8 Å². The highest BCUT2D eigenvalue weighted by Crippen LogP contribution is 2.07. The van der Waals surface area contributed by atoms with Crippen molar-refractivity contribution in [2.75, 3.05) is 19.8 Å². The first kappa shape index (κ1) is 17.0. The van der Waals surface area contributed by atoms with Gasteiger partial charge in [0.15, 0.2) is 5.78 Å². The van der Waals surface area contributed by atoms with Gasteiger partial charge in [0.1, 0.15) is 12.9 Å². The van der Waals surface area contributed by atoms with E-state index in [2.05, 4.69) is 5.32 Å². The van der Waals surface area contributed by atoms with Gasteiger partial charge in [-0.3, -0.25) is 9.59 Å². The van der Waals surface area contributed by atoms with Crippen LogP contribution in [0.5, 0.6) is 0 Å². The number of nitrogens with one attached hydrogen (secondary N) is 1. The summed E-state index contributed by atoms with van der Waals surface area (Å²) in [7, 11) is 0. The minimum Gasteiger partial charge on any atom is -0.370 e. The largest absolute Gasteiger partial charge is 0.370 e. The van der Waals surface area contributed by atoms with Crippen molar-refractivity contribution >= 4 is 18.0 Å². The molecule has 1 atom stereocenters. The molecular formula is C15H20N2O4. The smallest absolute Gasteiger partial charge is 0.246 e. The van der Waals surface area contributed by atoms with Gasteiger partial charge in [-0.1, -0.05) is 24.3 Å². The van der Waals surface area contributed by atoms with Crippen molar-refractivity contribution in [2.24, 2.45) is 5.73 Å². The second-order valence-corrected chi connectivity index (χ2v) is 4.61. The first-order valence-electron chi connectivity index (χ1n) is 6.69. The first-order chi connectivity index (χ1) is 10.1. The van der Waals surface area contributed by atoms with E-state index >= 15 is 0 Å². The van der Waals surface area contributed by atoms with Crippen LogP contribution in [0.2, 0.25) is 0 Å². The van der Waals surface area contributed by atoms with E-state index in [1.807, 2.05) is 0 Å². The third-order valence-electron chi connectivity index (χ3n) is 2.82. The summed E-state index contributed by atoms with van der Waals surface area (Å²) in [6.07, 6.45) is 1.05. The molecule has 0 saturated heterocycles. The Morgan fingerprint density at radius 2 is 2.00 bits per heavy atom. The molecule has 0 spiro atoms. The quantitative estimate of drug-likeness (QED) is 0.382. The van der Waals surface area contributed by atoms with Crippen LogP contribution in [0.1, 0.15) is 22.8 Å². The standard InChI is InChI=1S/C15H20N2O4/c1-11(19)13-4-2-12(3-5-13)8-14(9-18)17-15(20)10-21-7-6-16/h2-5,9,14H,6-8,10,16H2,1H3,(H,17,20)/t14-/m0/s1. The molecule has 1 amide bonds. The minimum atomic E-state index is -0.623. The first-order valence-corrected chi connectivity index (χ1v) is 6.69. The van der Waals surface area contributed by atoms with Gasteiger partial charge in [-0.2, -0.15) is 0 Å². The fourth-order valence-electron chi connectivity index (χ4n) is 1.76. The van der Waals surface area contributed by atoms with E-state index < -0.39 is 6.04 Å². The van der Waals surface area contributed by atoms with E-state index in [1.165, 1.54) is 6.92 Å². The van der Waals surface area contributed by atoms with Crippen LogP contribution in [0.3, 0.4) is 0 Å². The molecule has 6 heteroatoms. The van der Waals surface area contributed by atoms with E-state index in [1.54, 1.807) is 24.3 Å². The van der Waals surface area contributed by atoms with E-state index in [4.69, 9.17) is 10.5 Å². The van der Waals surface area contributed by atoms with Crippen LogP contribution >= 0.6 is 0 Å². The van der Waals surface area contributed by atoms with Crippen molar-refractivity contribution in [3.05, 3.63) is 35.4 Å². The Labute approximate surface area is 123 Å². The van der Waals surface area contributed by atoms with Crippen LogP contribution in [-0.2, 0) is 20.7 Å². The van der Waals surface area contributed by atoms with Gasteiger partial charge in [-0.05, 0) is 18.9 Å². The normalized spacial score (nSPS) is 11.7. The lowest BCUT2D eigenvalue weighted by Gasteiger charge is -2.13. The predicted octanol–water partition coefficient (Wildman–Crippen LogP) is 0.0907. The van der Waals surface area contributed by atoms with Gasteiger partial charge in [-0.25, -0.2) is 0 Å². The van der Waals surface area contributed by atoms with E-state index in [9.17, 15) is 14.4 Å². The molecule has 3 N–H and O–H groups in total. The number of benzene rings is 1. The molecule has 1 aromatic rings. The number of hydrogen-bond donors (Lipinski definition) is 2. The molecule has 1 rings (SSSR count). The molecule has 0 fully saturated rings. The average Bonchev–Trinajstić information content (AvgIpc) is 2.47. The Morgan fingerprint density at radius 1 is 1.33 bits per heavy atom. The fraction of sp³-hybridized carbons (Fsp3) is 0.400. The number of aldehydes is 1. The highest BCUT2D eigenvalue weighted by atomic mass is 16.5. The number of nitrogens with two attached hydrogens (primary N) is 1. The highest BCUT2D eigenvalue weighted by Gasteiger charge is 2.12. The van der Waals surface area contributed by atoms with Crippen LogP contribution in [0.4, 0.5) is 0 Å². The molecule has 0 unspecified atom stereocenters. The number of carbonyl (C=O) groups is 3. The zero-order valence-electron chi connectivity index (χ0n) is 12.0. The van der Waals surface area contributed by atoms with E-state index in [0.29, 0.717) is 31.4 Å². The van der Waals surface area contributed by atoms with Gasteiger partial charge >= 0.3 is 0 Å². The van der Waals surface area contributed by atoms with Crippen molar-refractivity contribution in [3.63, 3.8) is 0 Å². The zero-order chi connectivity index (χ0) is 15.7. The molecule has 0 radical (unpaired) electrons. The Hall–Kier alpha value is -2.05. The van der Waals surface area contributed by atoms with Crippen molar-refractivity contribution in [2.45, 2.75) is 19.4 Å². The molecule has 0 saturated carbocycles. The van der Waals surface area contributed by atoms with Crippen LogP contribution in [0, 0.1) is 0 Å². The third-order valence-corrected chi connectivity index (χ3v) is 2.82. The predicted molar refractivity (Wildman–Crippen MR) is 78.0 cm³/mol. The van der Waals surface area contributed by atoms with E-state index in [0.717, 1.165) is 5.56 Å². The van der Waals surface area contributed by atoms with Gasteiger partial charge < -0.3 is 20.6 Å². The number of ketones is 1. The topological polar surface area (TPSA) is 98.5 Å². The Kier molecular flexibility index (Phi) is 7.28. The lowest BCUT2D eigenvalue weighted by atomic mass is 10.0. The molecule has 0 bridgehead atoms. The molecule has 0 aromatic heterocycles. The summed E-state index contributed by atoms with van der Waals surface area (Å²) >= 11 is 0. The molecule has 0 aliphatic heterocycles. The Morgan fingerprint density at radius 3 is 2.52 bits per heavy atom. The molecule has 0 aliphatic rings. The van der Waals surface area contributed by atoms with Gasteiger partial charge in [0, 0.05) is 12.1 Å². The molecule has 0 heterocycles. The van der Waals surface area contributed by atoms with Gasteiger partial charge in [0.25, 0.3) is 0 Å². The monoisotopic (exact) mass is 292 g/mol. The molecule has 6 nitrogen and oxygen atoms in total. The number of amides is 1. The summed E-state index contributed by atoms with van der Waals surface area (Å²) in [5.41, 5.74) is 6.71. The summed E-state index contributed by atoms with van der Waals surface area (Å²) in [6, 6.07) is 6.31. The molecule has 114 valence electrons. The van der Waals surface area contributed by atoms with Crippen molar-refractivity contribution in [3.8, 4) is 0 Å². The maximum absolute atomic E-state index is 11.5. The van der Waals surface area contributed by atoms with Crippen molar-refractivity contribution in [1.29, 1.82) is 0 Å². The number of carbonyl (C=O) groups excluding carboxylic acids is 3. The highest BCUT2D eigenvalue weighted by molar-refractivity contribution is 5.94. The molecule has 0 aliphatic carbocycles. The maximum atomic E-state index is 11.5. The Balaban J connectivity index is 2.51. The summed E-state index contributed by atoms with van der Waals surface area (Å²) in [4.78, 5) is 33.7. The zero-order valence-corrected chi connectivity index (χ0v) is 12.0. The lowest BCUT2D eigenvalue weighted by Crippen LogP contribution is -2.39. The second-order valence-electron chi connectivity index (χ2n) is 4.61. The SMILES string of the molecule is CC(=O)c1ccc(C[C@@H](C=O)NC(=O)COCCN)cc1. The number of rotatable bonds is 9. The second kappa shape index (κ2) is 8.99. The Bertz CT molecular complexity index is 485. The number of ether oxygens (including phenoxy) is 1. The summed E-state index contributed by atoms with van der Waals surface area (Å²) in [6.45, 7) is 2.01. The lowest BCUT2D eigenvalue weighted by molar-refractivity contribution is -0.127. The van der Waals surface area contributed by atoms with Crippen molar-refractivity contribution < 1.29 is 19.1 Å². The number of hydrogen-bond acceptors (Lipinski definition) is 5. The van der Waals surface area contributed by atoms with Crippen LogP contribution in [0.15, 0.2) is 24.3 Å². The molecular weight excluding hydrogens is 272 g/mol. The summed E-state index contributed by atoms with van der Waals surface area (Å²) in [5.74, 6) is -0.375. The van der Waals surface area contributed by atoms with Gasteiger partial charge in [0.05, 0.1) is 12.6 Å². The minimum absolute atomic E-state index is 0.0150. The van der Waals surface area contributed by atoms with Crippen molar-refractivity contribution in [1.82, 2.24) is 5.32 Å². The average molecular weight is 292 g/mol. The third kappa shape index (κ3) is 6.29. The fourth-order valence-corrected chi connectivity index (χ4v) is 1.76. The summed E-state index contributed by atoms with van der Waals surface area (Å²) < 4.78 is 4.99.